The van der Waals surface area contributed by atoms with Gasteiger partial charge < -0.3 is 27.9 Å². The van der Waals surface area contributed by atoms with Gasteiger partial charge in [0.05, 0.1) is 27.7 Å². The Labute approximate surface area is 605 Å². The zero-order valence-corrected chi connectivity index (χ0v) is 65.1. The van der Waals surface area contributed by atoms with Crippen LogP contribution in [0.5, 0.6) is 0 Å². The highest BCUT2D eigenvalue weighted by Crippen LogP contribution is 2.38. The monoisotopic (exact) mass is 1380 g/mol. The van der Waals surface area contributed by atoms with Gasteiger partial charge in [-0.25, -0.2) is 0 Å². The first-order chi connectivity index (χ1) is 48.0. The van der Waals surface area contributed by atoms with Gasteiger partial charge in [0.1, 0.15) is 19.8 Å². The minimum absolute atomic E-state index is 0.0416. The van der Waals surface area contributed by atoms with Crippen LogP contribution in [0.1, 0.15) is 348 Å². The van der Waals surface area contributed by atoms with Gasteiger partial charge in [-0.2, -0.15) is 0 Å². The van der Waals surface area contributed by atoms with Gasteiger partial charge >= 0.3 is 11.9 Å². The zero-order chi connectivity index (χ0) is 71.1. The van der Waals surface area contributed by atoms with Crippen LogP contribution >= 0.6 is 7.82 Å². The van der Waals surface area contributed by atoms with Crippen molar-refractivity contribution in [2.45, 2.75) is 354 Å². The molecule has 98 heavy (non-hydrogen) atoms. The first-order valence-corrected chi connectivity index (χ1v) is 42.0. The van der Waals surface area contributed by atoms with Crippen molar-refractivity contribution in [3.8, 4) is 0 Å². The molecule has 0 aromatic carbocycles. The molecule has 0 aliphatic carbocycles. The molecule has 2 atom stereocenters. The third-order valence-electron chi connectivity index (χ3n) is 17.4. The standard InChI is InChI=1S/C88H152NO8P/c1-6-8-10-12-14-16-18-20-22-24-26-28-30-32-34-36-38-40-41-42-43-44-45-46-47-49-51-53-55-57-59-61-63-65-67-69-71-73-75-77-79-81-88(91)97-86(85-96-98(92,93)95-83-82-89(3,4)5)84-94-87(90)80-78-76-74-72-70-68-66-64-62-60-58-56-54-52-50-48-39-37-35-33-31-29-27-25-23-21-19-17-15-13-11-9-7-2/h8,10,14,16,20,22,26,28,32,34,38,40,42-43,45-46,49,51,55,57,61,63,67,69,86H,6-7,9,11-13,15,17-19,21,23-25,27,29-31,33,35-37,39,41,44,47-48,50,52-54,56,58-60,62,64-66,68,70-85H2,1-5H3/b10-8-,16-14-,22-20-,28-26-,34-32-,40-38-,43-42-,46-45-,51-49-,57-55-,63-61-,69-67-. The highest BCUT2D eigenvalue weighted by molar-refractivity contribution is 7.45. The maximum Gasteiger partial charge on any atom is 0.306 e. The van der Waals surface area contributed by atoms with Gasteiger partial charge in [-0.05, 0) is 103 Å². The summed E-state index contributed by atoms with van der Waals surface area (Å²) in [6.45, 7) is 4.13. The molecule has 0 rings (SSSR count). The normalized spacial score (nSPS) is 13.8. The number of phosphoric acid groups is 1. The molecule has 9 nitrogen and oxygen atoms in total. The third kappa shape index (κ3) is 80.9. The topological polar surface area (TPSA) is 111 Å². The fourth-order valence-corrected chi connectivity index (χ4v) is 12.0. The molecule has 562 valence electrons. The van der Waals surface area contributed by atoms with Crippen molar-refractivity contribution in [1.82, 2.24) is 0 Å². The first kappa shape index (κ1) is 93.9. The van der Waals surface area contributed by atoms with Crippen LogP contribution in [0.15, 0.2) is 146 Å². The van der Waals surface area contributed by atoms with Gasteiger partial charge in [-0.3, -0.25) is 14.2 Å². The minimum Gasteiger partial charge on any atom is -0.756 e. The molecule has 0 saturated carbocycles. The van der Waals surface area contributed by atoms with Crippen molar-refractivity contribution in [3.05, 3.63) is 146 Å². The Bertz CT molecular complexity index is 2170. The summed E-state index contributed by atoms with van der Waals surface area (Å²) in [6.07, 6.45) is 114. The van der Waals surface area contributed by atoms with Crippen LogP contribution in [-0.4, -0.2) is 70.0 Å². The van der Waals surface area contributed by atoms with Crippen LogP contribution in [-0.2, 0) is 32.7 Å². The Morgan fingerprint density at radius 2 is 0.582 bits per heavy atom. The summed E-state index contributed by atoms with van der Waals surface area (Å²) in [5.41, 5.74) is 0. The average Bonchev–Trinajstić information content (AvgIpc) is 1.08. The molecule has 0 aromatic heterocycles. The van der Waals surface area contributed by atoms with E-state index in [1.54, 1.807) is 0 Å². The second-order valence-electron chi connectivity index (χ2n) is 28.1. The number of phosphoric ester groups is 1. The Hall–Kier alpha value is -4.11. The lowest BCUT2D eigenvalue weighted by Gasteiger charge is -2.28. The Morgan fingerprint density at radius 1 is 0.327 bits per heavy atom. The molecule has 0 aliphatic rings. The summed E-state index contributed by atoms with van der Waals surface area (Å²) < 4.78 is 34.4. The Morgan fingerprint density at radius 3 is 0.867 bits per heavy atom. The second-order valence-corrected chi connectivity index (χ2v) is 29.5. The number of unbranched alkanes of at least 4 members (excludes halogenated alkanes) is 36. The second kappa shape index (κ2) is 77.1. The number of allylic oxidation sites excluding steroid dienone is 24. The molecule has 0 bridgehead atoms. The summed E-state index contributed by atoms with van der Waals surface area (Å²) in [7, 11) is 1.14. The summed E-state index contributed by atoms with van der Waals surface area (Å²) in [5.74, 6) is -0.858. The highest BCUT2D eigenvalue weighted by atomic mass is 31.2. The van der Waals surface area contributed by atoms with E-state index in [1.807, 2.05) is 21.1 Å². The van der Waals surface area contributed by atoms with Gasteiger partial charge in [0.25, 0.3) is 7.82 Å². The lowest BCUT2D eigenvalue weighted by atomic mass is 10.0. The third-order valence-corrected chi connectivity index (χ3v) is 18.3. The van der Waals surface area contributed by atoms with E-state index in [1.165, 1.54) is 193 Å². The number of rotatable bonds is 74. The molecule has 0 saturated heterocycles. The number of nitrogens with zero attached hydrogens (tertiary/aromatic N) is 1. The van der Waals surface area contributed by atoms with Gasteiger partial charge in [0.2, 0.25) is 0 Å². The predicted octanol–water partition coefficient (Wildman–Crippen LogP) is 26.6. The van der Waals surface area contributed by atoms with Crippen molar-refractivity contribution < 1.29 is 42.1 Å². The van der Waals surface area contributed by atoms with E-state index >= 15 is 0 Å². The van der Waals surface area contributed by atoms with Gasteiger partial charge in [-0.15, -0.1) is 0 Å². The number of carbonyl (C=O) groups excluding carboxylic acids is 2. The molecular formula is C88H152NO8P. The van der Waals surface area contributed by atoms with Crippen LogP contribution < -0.4 is 4.89 Å². The molecule has 0 aliphatic heterocycles. The maximum absolute atomic E-state index is 12.9. The Balaban J connectivity index is 4.07. The molecule has 0 amide bonds. The van der Waals surface area contributed by atoms with Crippen molar-refractivity contribution in [2.75, 3.05) is 47.5 Å². The van der Waals surface area contributed by atoms with Crippen LogP contribution in [0.2, 0.25) is 0 Å². The fourth-order valence-electron chi connectivity index (χ4n) is 11.2. The maximum atomic E-state index is 12.9. The molecule has 0 N–H and O–H groups in total. The number of hydrogen-bond acceptors (Lipinski definition) is 8. The lowest BCUT2D eigenvalue weighted by Crippen LogP contribution is -2.37. The molecule has 0 spiro atoms. The van der Waals surface area contributed by atoms with E-state index in [9.17, 15) is 19.0 Å². The number of likely N-dealkylation sites (N-methyl/N-ethyl adjacent to an activating group) is 1. The highest BCUT2D eigenvalue weighted by Gasteiger charge is 2.22. The molecule has 0 heterocycles. The van der Waals surface area contributed by atoms with E-state index in [4.69, 9.17) is 18.5 Å². The summed E-state index contributed by atoms with van der Waals surface area (Å²) in [4.78, 5) is 38.2. The van der Waals surface area contributed by atoms with Crippen LogP contribution in [0, 0.1) is 0 Å². The molecule has 2 unspecified atom stereocenters. The van der Waals surface area contributed by atoms with Crippen molar-refractivity contribution >= 4 is 19.8 Å². The first-order valence-electron chi connectivity index (χ1n) is 40.5. The minimum atomic E-state index is -4.66. The van der Waals surface area contributed by atoms with E-state index in [0.717, 1.165) is 122 Å². The average molecular weight is 1380 g/mol. The SMILES string of the molecule is CC/C=C\C/C=C\C/C=C\C/C=C\C/C=C\C/C=C\C/C=C\C/C=C\C/C=C\C/C=C\C/C=C\C/C=C\CCCCCCC(=O)OC(COC(=O)CCCCCCCCCCCCCCCCCCCCCCCCCCCCCCCCCCC)COP(=O)([O-])OCC[N+](C)(C)C. The quantitative estimate of drug-likeness (QED) is 0.0195. The van der Waals surface area contributed by atoms with E-state index in [-0.39, 0.29) is 32.0 Å². The number of ether oxygens (including phenoxy) is 2. The van der Waals surface area contributed by atoms with Crippen LogP contribution in [0.3, 0.4) is 0 Å². The summed E-state index contributed by atoms with van der Waals surface area (Å²) >= 11 is 0. The Kier molecular flexibility index (Phi) is 73.8. The van der Waals surface area contributed by atoms with Gasteiger partial charge in [-0.1, -0.05) is 378 Å². The van der Waals surface area contributed by atoms with Crippen LogP contribution in [0.25, 0.3) is 0 Å². The predicted molar refractivity (Wildman–Crippen MR) is 424 cm³/mol. The molecule has 0 radical (unpaired) electrons. The number of esters is 2. The lowest BCUT2D eigenvalue weighted by molar-refractivity contribution is -0.870. The zero-order valence-electron chi connectivity index (χ0n) is 64.2. The largest absolute Gasteiger partial charge is 0.756 e. The smallest absolute Gasteiger partial charge is 0.306 e. The van der Waals surface area contributed by atoms with Gasteiger partial charge in [0, 0.05) is 12.8 Å². The van der Waals surface area contributed by atoms with Crippen LogP contribution in [0.4, 0.5) is 0 Å². The summed E-state index contributed by atoms with van der Waals surface area (Å²) in [5, 5.41) is 0. The summed E-state index contributed by atoms with van der Waals surface area (Å²) in [6, 6.07) is 0. The van der Waals surface area contributed by atoms with Crippen molar-refractivity contribution in [3.63, 3.8) is 0 Å². The fraction of sp³-hybridized carbons (Fsp3) is 0.705. The molecule has 10 heteroatoms. The van der Waals surface area contributed by atoms with E-state index < -0.39 is 26.5 Å². The molecular weight excluding hydrogens is 1230 g/mol. The van der Waals surface area contributed by atoms with E-state index in [0.29, 0.717) is 17.4 Å². The van der Waals surface area contributed by atoms with E-state index in [2.05, 4.69) is 160 Å². The van der Waals surface area contributed by atoms with Gasteiger partial charge in [0.15, 0.2) is 6.10 Å². The molecule has 0 aromatic rings. The van der Waals surface area contributed by atoms with Crippen molar-refractivity contribution in [2.24, 2.45) is 0 Å². The number of hydrogen-bond donors (Lipinski definition) is 0. The number of quaternary nitrogens is 1. The number of carbonyl (C=O) groups is 2. The molecule has 0 fully saturated rings. The van der Waals surface area contributed by atoms with Crippen molar-refractivity contribution in [1.29, 1.82) is 0 Å².